The second-order valence-corrected chi connectivity index (χ2v) is 6.64. The fourth-order valence-corrected chi connectivity index (χ4v) is 3.61. The summed E-state index contributed by atoms with van der Waals surface area (Å²) in [5.74, 6) is 1.47. The minimum Gasteiger partial charge on any atom is -0.497 e. The van der Waals surface area contributed by atoms with Crippen molar-refractivity contribution in [2.24, 2.45) is 11.7 Å². The van der Waals surface area contributed by atoms with Crippen LogP contribution in [0.15, 0.2) is 24.3 Å². The van der Waals surface area contributed by atoms with Crippen LogP contribution in [0.25, 0.3) is 0 Å². The molecule has 0 aliphatic heterocycles. The number of amides is 1. The molecule has 1 amide bonds. The number of methoxy groups -OCH3 is 1. The number of hydrogen-bond acceptors (Lipinski definition) is 3. The van der Waals surface area contributed by atoms with Gasteiger partial charge in [-0.25, -0.2) is 0 Å². The van der Waals surface area contributed by atoms with Gasteiger partial charge in [-0.15, -0.1) is 12.4 Å². The van der Waals surface area contributed by atoms with Crippen molar-refractivity contribution in [3.05, 3.63) is 29.8 Å². The number of rotatable bonds is 7. The van der Waals surface area contributed by atoms with E-state index in [1.54, 1.807) is 7.11 Å². The lowest BCUT2D eigenvalue weighted by Crippen LogP contribution is -2.41. The van der Waals surface area contributed by atoms with Crippen LogP contribution in [0.3, 0.4) is 0 Å². The fraction of sp³-hybridized carbons (Fsp3) is 0.632. The molecule has 0 radical (unpaired) electrons. The van der Waals surface area contributed by atoms with Gasteiger partial charge in [0.25, 0.3) is 0 Å². The molecular formula is C19H31ClN2O2. The number of benzene rings is 1. The Kier molecular flexibility index (Phi) is 8.57. The summed E-state index contributed by atoms with van der Waals surface area (Å²) < 4.78 is 5.19. The molecule has 2 N–H and O–H groups in total. The Morgan fingerprint density at radius 2 is 2.00 bits per heavy atom. The van der Waals surface area contributed by atoms with Crippen molar-refractivity contribution in [1.29, 1.82) is 0 Å². The van der Waals surface area contributed by atoms with Crippen LogP contribution in [-0.4, -0.2) is 36.5 Å². The Hall–Kier alpha value is -1.26. The second-order valence-electron chi connectivity index (χ2n) is 6.64. The Labute approximate surface area is 152 Å². The maximum Gasteiger partial charge on any atom is 0.223 e. The van der Waals surface area contributed by atoms with Gasteiger partial charge in [0.05, 0.1) is 7.11 Å². The van der Waals surface area contributed by atoms with Gasteiger partial charge < -0.3 is 15.4 Å². The highest BCUT2D eigenvalue weighted by Gasteiger charge is 2.29. The number of nitrogens with zero attached hydrogens (tertiary/aromatic N) is 1. The third-order valence-corrected chi connectivity index (χ3v) is 5.04. The van der Waals surface area contributed by atoms with Crippen LogP contribution in [-0.2, 0) is 11.2 Å². The maximum absolute atomic E-state index is 12.7. The highest BCUT2D eigenvalue weighted by Crippen LogP contribution is 2.28. The van der Waals surface area contributed by atoms with Crippen molar-refractivity contribution < 1.29 is 9.53 Å². The second kappa shape index (κ2) is 9.90. The molecule has 0 spiro atoms. The molecule has 1 aliphatic carbocycles. The Bertz CT molecular complexity index is 507. The first-order chi connectivity index (χ1) is 11.0. The van der Waals surface area contributed by atoms with Crippen molar-refractivity contribution in [3.8, 4) is 5.75 Å². The van der Waals surface area contributed by atoms with Gasteiger partial charge in [0, 0.05) is 25.0 Å². The Balaban J connectivity index is 0.00000288. The maximum atomic E-state index is 12.7. The van der Waals surface area contributed by atoms with Gasteiger partial charge in [0.15, 0.2) is 0 Å². The van der Waals surface area contributed by atoms with E-state index in [-0.39, 0.29) is 30.4 Å². The minimum absolute atomic E-state index is 0. The zero-order valence-electron chi connectivity index (χ0n) is 15.0. The van der Waals surface area contributed by atoms with E-state index in [0.29, 0.717) is 12.3 Å². The summed E-state index contributed by atoms with van der Waals surface area (Å²) in [5, 5.41) is 0. The van der Waals surface area contributed by atoms with Crippen LogP contribution in [0.1, 0.15) is 45.1 Å². The predicted octanol–water partition coefficient (Wildman–Crippen LogP) is 3.41. The van der Waals surface area contributed by atoms with Crippen LogP contribution in [0, 0.1) is 5.92 Å². The third kappa shape index (κ3) is 5.38. The molecule has 2 rings (SSSR count). The van der Waals surface area contributed by atoms with E-state index in [1.807, 2.05) is 17.0 Å². The smallest absolute Gasteiger partial charge is 0.223 e. The van der Waals surface area contributed by atoms with E-state index in [0.717, 1.165) is 38.0 Å². The molecule has 1 aromatic carbocycles. The van der Waals surface area contributed by atoms with E-state index >= 15 is 0 Å². The average Bonchev–Trinajstić information content (AvgIpc) is 2.94. The fourth-order valence-electron chi connectivity index (χ4n) is 3.61. The van der Waals surface area contributed by atoms with Crippen molar-refractivity contribution in [2.75, 3.05) is 13.7 Å². The number of hydrogen-bond donors (Lipinski definition) is 1. The molecule has 5 heteroatoms. The number of ether oxygens (including phenoxy) is 1. The largest absolute Gasteiger partial charge is 0.497 e. The molecular weight excluding hydrogens is 324 g/mol. The predicted molar refractivity (Wildman–Crippen MR) is 101 cm³/mol. The van der Waals surface area contributed by atoms with Crippen LogP contribution in [0.5, 0.6) is 5.75 Å². The van der Waals surface area contributed by atoms with E-state index in [4.69, 9.17) is 10.5 Å². The summed E-state index contributed by atoms with van der Waals surface area (Å²) in [4.78, 5) is 14.7. The lowest BCUT2D eigenvalue weighted by molar-refractivity contribution is -0.134. The van der Waals surface area contributed by atoms with Gasteiger partial charge in [-0.05, 0) is 56.7 Å². The number of halogens is 1. The summed E-state index contributed by atoms with van der Waals surface area (Å²) in [6.45, 7) is 4.93. The molecule has 4 nitrogen and oxygen atoms in total. The number of carbonyl (C=O) groups is 1. The Morgan fingerprint density at radius 1 is 1.33 bits per heavy atom. The molecule has 1 saturated carbocycles. The molecule has 1 unspecified atom stereocenters. The molecule has 0 heterocycles. The normalized spacial score (nSPS) is 21.0. The summed E-state index contributed by atoms with van der Waals surface area (Å²) >= 11 is 0. The first kappa shape index (κ1) is 20.8. The average molecular weight is 355 g/mol. The summed E-state index contributed by atoms with van der Waals surface area (Å²) in [7, 11) is 1.67. The van der Waals surface area contributed by atoms with Crippen molar-refractivity contribution >= 4 is 18.3 Å². The highest BCUT2D eigenvalue weighted by molar-refractivity contribution is 5.85. The lowest BCUT2D eigenvalue weighted by Gasteiger charge is -2.30. The van der Waals surface area contributed by atoms with E-state index in [2.05, 4.69) is 26.0 Å². The van der Waals surface area contributed by atoms with Crippen LogP contribution in [0.4, 0.5) is 0 Å². The summed E-state index contributed by atoms with van der Waals surface area (Å²) in [6, 6.07) is 8.48. The quantitative estimate of drug-likeness (QED) is 0.816. The topological polar surface area (TPSA) is 55.6 Å². The summed E-state index contributed by atoms with van der Waals surface area (Å²) in [6.07, 6.45) is 4.78. The molecule has 1 aliphatic rings. The van der Waals surface area contributed by atoms with Crippen molar-refractivity contribution in [1.82, 2.24) is 4.90 Å². The van der Waals surface area contributed by atoms with Gasteiger partial charge in [0.1, 0.15) is 5.75 Å². The van der Waals surface area contributed by atoms with Gasteiger partial charge in [-0.1, -0.05) is 18.6 Å². The van der Waals surface area contributed by atoms with Crippen LogP contribution in [0.2, 0.25) is 0 Å². The van der Waals surface area contributed by atoms with Gasteiger partial charge in [0.2, 0.25) is 5.91 Å². The van der Waals surface area contributed by atoms with Gasteiger partial charge in [-0.2, -0.15) is 0 Å². The molecule has 24 heavy (non-hydrogen) atoms. The molecule has 0 bridgehead atoms. The van der Waals surface area contributed by atoms with E-state index in [9.17, 15) is 4.79 Å². The molecule has 1 fully saturated rings. The molecule has 0 aromatic heterocycles. The van der Waals surface area contributed by atoms with Crippen molar-refractivity contribution in [3.63, 3.8) is 0 Å². The van der Waals surface area contributed by atoms with Gasteiger partial charge in [-0.3, -0.25) is 4.79 Å². The van der Waals surface area contributed by atoms with Crippen LogP contribution >= 0.6 is 12.4 Å². The number of nitrogens with two attached hydrogens (primary N) is 1. The molecule has 136 valence electrons. The minimum atomic E-state index is 0. The van der Waals surface area contributed by atoms with E-state index < -0.39 is 0 Å². The SMILES string of the molecule is CCN(C(=O)C[C@@H]1CCC[C@H]1N)C(C)Cc1ccc(OC)cc1.Cl. The zero-order chi connectivity index (χ0) is 16.8. The lowest BCUT2D eigenvalue weighted by atomic mass is 9.98. The molecule has 3 atom stereocenters. The number of carbonyl (C=O) groups excluding carboxylic acids is 1. The van der Waals surface area contributed by atoms with Crippen LogP contribution < -0.4 is 10.5 Å². The van der Waals surface area contributed by atoms with Gasteiger partial charge >= 0.3 is 0 Å². The van der Waals surface area contributed by atoms with E-state index in [1.165, 1.54) is 5.56 Å². The third-order valence-electron chi connectivity index (χ3n) is 5.04. The molecule has 1 aromatic rings. The number of likely N-dealkylation sites (N-methyl/N-ethyl adjacent to an activating group) is 1. The standard InChI is InChI=1S/C19H30N2O2.ClH/c1-4-21(19(22)13-16-6-5-7-18(16)20)14(2)12-15-8-10-17(23-3)11-9-15;/h8-11,14,16,18H,4-7,12-13,20H2,1-3H3;1H/t14?,16-,18+;/m0./s1. The molecule has 0 saturated heterocycles. The van der Waals surface area contributed by atoms with Crippen molar-refractivity contribution in [2.45, 2.75) is 58.0 Å². The zero-order valence-corrected chi connectivity index (χ0v) is 15.8. The monoisotopic (exact) mass is 354 g/mol. The highest BCUT2D eigenvalue weighted by atomic mass is 35.5. The first-order valence-electron chi connectivity index (χ1n) is 8.73. The first-order valence-corrected chi connectivity index (χ1v) is 8.73. The summed E-state index contributed by atoms with van der Waals surface area (Å²) in [5.41, 5.74) is 7.34. The Morgan fingerprint density at radius 3 is 2.50 bits per heavy atom.